The summed E-state index contributed by atoms with van der Waals surface area (Å²) < 4.78 is 24.1. The van der Waals surface area contributed by atoms with E-state index < -0.39 is 12.1 Å². The summed E-state index contributed by atoms with van der Waals surface area (Å²) in [7, 11) is 0. The third-order valence-corrected chi connectivity index (χ3v) is 5.27. The minimum Gasteiger partial charge on any atom is -0.480 e. The van der Waals surface area contributed by atoms with Crippen LogP contribution in [0.4, 0.5) is 20.6 Å². The van der Waals surface area contributed by atoms with Gasteiger partial charge in [-0.3, -0.25) is 0 Å². The minimum atomic E-state index is -0.959. The van der Waals surface area contributed by atoms with Crippen molar-refractivity contribution < 1.29 is 28.6 Å². The number of carboxylic acid groups (broad SMARTS) is 1. The van der Waals surface area contributed by atoms with Crippen molar-refractivity contribution in [1.82, 2.24) is 0 Å². The number of benzene rings is 2. The van der Waals surface area contributed by atoms with Gasteiger partial charge in [-0.05, 0) is 73.9 Å². The Morgan fingerprint density at radius 2 is 1.47 bits per heavy atom. The van der Waals surface area contributed by atoms with Crippen molar-refractivity contribution in [1.29, 1.82) is 0 Å². The Balaban J connectivity index is 1.54. The number of amides is 1. The van der Waals surface area contributed by atoms with E-state index in [-0.39, 0.29) is 18.3 Å². The summed E-state index contributed by atoms with van der Waals surface area (Å²) in [4.78, 5) is 24.8. The van der Waals surface area contributed by atoms with Crippen LogP contribution in [0.3, 0.4) is 0 Å². The third kappa shape index (κ3) is 6.29. The van der Waals surface area contributed by atoms with E-state index in [0.717, 1.165) is 25.7 Å². The van der Waals surface area contributed by atoms with E-state index >= 15 is 0 Å². The average Bonchev–Trinajstić information content (AvgIpc) is 2.75. The molecule has 7 heteroatoms. The molecule has 2 aromatic carbocycles. The van der Waals surface area contributed by atoms with Gasteiger partial charge in [0.1, 0.15) is 12.4 Å². The fourth-order valence-electron chi connectivity index (χ4n) is 3.66. The number of para-hydroxylation sites is 1. The number of carboxylic acids is 1. The van der Waals surface area contributed by atoms with Crippen LogP contribution in [-0.4, -0.2) is 37.0 Å². The van der Waals surface area contributed by atoms with Gasteiger partial charge in [0.05, 0.1) is 24.6 Å². The zero-order chi connectivity index (χ0) is 21.3. The molecule has 1 N–H and O–H groups in total. The highest BCUT2D eigenvalue weighted by Crippen LogP contribution is 2.30. The molecule has 1 aliphatic carbocycles. The Kier molecular flexibility index (Phi) is 7.79. The summed E-state index contributed by atoms with van der Waals surface area (Å²) in [5.74, 6) is -0.726. The van der Waals surface area contributed by atoms with E-state index in [1.807, 2.05) is 18.2 Å². The first kappa shape index (κ1) is 21.8. The molecule has 2 aromatic rings. The van der Waals surface area contributed by atoms with Gasteiger partial charge in [0.2, 0.25) is 0 Å². The zero-order valence-electron chi connectivity index (χ0n) is 16.7. The summed E-state index contributed by atoms with van der Waals surface area (Å²) in [5, 5.41) is 8.63. The van der Waals surface area contributed by atoms with Gasteiger partial charge in [0.25, 0.3) is 0 Å². The van der Waals surface area contributed by atoms with Crippen molar-refractivity contribution in [3.8, 4) is 0 Å². The van der Waals surface area contributed by atoms with E-state index in [9.17, 15) is 14.0 Å². The summed E-state index contributed by atoms with van der Waals surface area (Å²) >= 11 is 0. The van der Waals surface area contributed by atoms with Gasteiger partial charge in [-0.2, -0.15) is 0 Å². The second-order valence-corrected chi connectivity index (χ2v) is 7.52. The van der Waals surface area contributed by atoms with E-state index in [1.54, 1.807) is 24.3 Å². The first-order chi connectivity index (χ1) is 14.5. The van der Waals surface area contributed by atoms with Crippen LogP contribution < -0.4 is 4.90 Å². The summed E-state index contributed by atoms with van der Waals surface area (Å²) in [6.45, 7) is 0.494. The number of rotatable bonds is 8. The maximum absolute atomic E-state index is 13.3. The molecule has 0 bridgehead atoms. The number of hydrogen-bond acceptors (Lipinski definition) is 4. The topological polar surface area (TPSA) is 76.1 Å². The summed E-state index contributed by atoms with van der Waals surface area (Å²) in [6, 6.07) is 14.8. The second kappa shape index (κ2) is 10.7. The minimum absolute atomic E-state index is 0.260. The van der Waals surface area contributed by atoms with Gasteiger partial charge in [-0.1, -0.05) is 18.2 Å². The second-order valence-electron chi connectivity index (χ2n) is 7.52. The number of aliphatic carboxylic acids is 1. The standard InChI is InChI=1S/C23H26FNO5/c24-19-10-12-21(13-11-19)25(20-4-2-1-3-5-20)23(28)30-15-18-8-6-17(7-9-18)14-29-16-22(26)27/h1-5,10-13,17-18H,6-9,14-16H2,(H,26,27)/t17-,18+. The maximum Gasteiger partial charge on any atom is 0.418 e. The molecule has 1 amide bonds. The first-order valence-corrected chi connectivity index (χ1v) is 10.1. The van der Waals surface area contributed by atoms with Crippen molar-refractivity contribution in [3.05, 3.63) is 60.4 Å². The predicted molar refractivity (Wildman–Crippen MR) is 110 cm³/mol. The lowest BCUT2D eigenvalue weighted by atomic mass is 9.83. The van der Waals surface area contributed by atoms with Crippen LogP contribution in [0, 0.1) is 17.7 Å². The van der Waals surface area contributed by atoms with Crippen molar-refractivity contribution in [3.63, 3.8) is 0 Å². The van der Waals surface area contributed by atoms with E-state index in [1.165, 1.54) is 17.0 Å². The molecular formula is C23H26FNO5. The number of nitrogens with zero attached hydrogens (tertiary/aromatic N) is 1. The SMILES string of the molecule is O=C(O)COC[C@H]1CC[C@@H](COC(=O)N(c2ccccc2)c2ccc(F)cc2)CC1. The Bertz CT molecular complexity index is 819. The fourth-order valence-corrected chi connectivity index (χ4v) is 3.66. The van der Waals surface area contributed by atoms with Crippen molar-refractivity contribution in [2.24, 2.45) is 11.8 Å². The maximum atomic E-state index is 13.3. The van der Waals surface area contributed by atoms with E-state index in [2.05, 4.69) is 0 Å². The molecule has 160 valence electrons. The van der Waals surface area contributed by atoms with Gasteiger partial charge in [-0.25, -0.2) is 18.9 Å². The number of ether oxygens (including phenoxy) is 2. The summed E-state index contributed by atoms with van der Waals surface area (Å²) in [6.07, 6.45) is 3.14. The van der Waals surface area contributed by atoms with Crippen molar-refractivity contribution in [2.45, 2.75) is 25.7 Å². The number of halogens is 1. The molecule has 30 heavy (non-hydrogen) atoms. The molecular weight excluding hydrogens is 389 g/mol. The summed E-state index contributed by atoms with van der Waals surface area (Å²) in [5.41, 5.74) is 1.18. The zero-order valence-corrected chi connectivity index (χ0v) is 16.7. The molecule has 0 aromatic heterocycles. The molecule has 0 radical (unpaired) electrons. The van der Waals surface area contributed by atoms with Gasteiger partial charge in [-0.15, -0.1) is 0 Å². The molecule has 0 atom stereocenters. The fraction of sp³-hybridized carbons (Fsp3) is 0.391. The molecule has 0 unspecified atom stereocenters. The molecule has 6 nitrogen and oxygen atoms in total. The van der Waals surface area contributed by atoms with Gasteiger partial charge < -0.3 is 14.6 Å². The Labute approximate surface area is 175 Å². The molecule has 1 aliphatic rings. The lowest BCUT2D eigenvalue weighted by Crippen LogP contribution is -2.30. The van der Waals surface area contributed by atoms with Crippen LogP contribution in [0.25, 0.3) is 0 Å². The van der Waals surface area contributed by atoms with Crippen molar-refractivity contribution >= 4 is 23.4 Å². The smallest absolute Gasteiger partial charge is 0.418 e. The predicted octanol–water partition coefficient (Wildman–Crippen LogP) is 5.01. The number of hydrogen-bond donors (Lipinski definition) is 1. The average molecular weight is 415 g/mol. The number of carbonyl (C=O) groups is 2. The van der Waals surface area contributed by atoms with Gasteiger partial charge in [0.15, 0.2) is 0 Å². The molecule has 0 heterocycles. The first-order valence-electron chi connectivity index (χ1n) is 10.1. The van der Waals surface area contributed by atoms with Crippen LogP contribution in [0.2, 0.25) is 0 Å². The van der Waals surface area contributed by atoms with Crippen LogP contribution >= 0.6 is 0 Å². The Morgan fingerprint density at radius 3 is 2.07 bits per heavy atom. The van der Waals surface area contributed by atoms with Crippen LogP contribution in [0.1, 0.15) is 25.7 Å². The quantitative estimate of drug-likeness (QED) is 0.656. The highest BCUT2D eigenvalue weighted by Gasteiger charge is 2.25. The van der Waals surface area contributed by atoms with E-state index in [0.29, 0.717) is 30.5 Å². The molecule has 1 saturated carbocycles. The van der Waals surface area contributed by atoms with Crippen molar-refractivity contribution in [2.75, 3.05) is 24.7 Å². The van der Waals surface area contributed by atoms with Crippen LogP contribution in [-0.2, 0) is 14.3 Å². The van der Waals surface area contributed by atoms with Crippen LogP contribution in [0.15, 0.2) is 54.6 Å². The monoisotopic (exact) mass is 415 g/mol. The molecule has 0 spiro atoms. The Hall–Kier alpha value is -2.93. The lowest BCUT2D eigenvalue weighted by molar-refractivity contribution is -0.142. The highest BCUT2D eigenvalue weighted by molar-refractivity contribution is 5.95. The molecule has 3 rings (SSSR count). The molecule has 1 fully saturated rings. The lowest BCUT2D eigenvalue weighted by Gasteiger charge is -2.29. The largest absolute Gasteiger partial charge is 0.480 e. The Morgan fingerprint density at radius 1 is 0.900 bits per heavy atom. The normalized spacial score (nSPS) is 18.6. The van der Waals surface area contributed by atoms with Gasteiger partial charge in [0, 0.05) is 0 Å². The van der Waals surface area contributed by atoms with E-state index in [4.69, 9.17) is 14.6 Å². The van der Waals surface area contributed by atoms with Gasteiger partial charge >= 0.3 is 12.1 Å². The van der Waals surface area contributed by atoms with Crippen LogP contribution in [0.5, 0.6) is 0 Å². The third-order valence-electron chi connectivity index (χ3n) is 5.27. The molecule has 0 aliphatic heterocycles. The number of anilines is 2. The molecule has 0 saturated heterocycles. The highest BCUT2D eigenvalue weighted by atomic mass is 19.1. The number of carbonyl (C=O) groups excluding carboxylic acids is 1.